The minimum atomic E-state index is -4.55. The first-order valence-electron chi connectivity index (χ1n) is 13.7. The van der Waals surface area contributed by atoms with Gasteiger partial charge in [-0.3, -0.25) is 4.57 Å². The van der Waals surface area contributed by atoms with Crippen LogP contribution in [0, 0.1) is 0 Å². The second kappa shape index (κ2) is 18.4. The molecule has 3 N–H and O–H groups in total. The van der Waals surface area contributed by atoms with Crippen LogP contribution < -0.4 is 10.1 Å². The summed E-state index contributed by atoms with van der Waals surface area (Å²) in [6, 6.07) is 10.7. The molecule has 0 bridgehead atoms. The van der Waals surface area contributed by atoms with Crippen LogP contribution in [-0.2, 0) is 49.2 Å². The fourth-order valence-corrected chi connectivity index (χ4v) is 5.20. The summed E-state index contributed by atoms with van der Waals surface area (Å²) in [4.78, 5) is 71.5. The highest BCUT2D eigenvalue weighted by Gasteiger charge is 2.34. The number of carbonyl (C=O) groups is 5. The standard InChI is InChI=1S/C29H36NO14P/c1-4-40-24(31)17-42-23-12-11-20(15-21(23)26(33)43-18-25(32)41-5-2)28(35)45(37,38)14-13-22(27(34)39-3)30-29(36)44-16-19-9-7-6-8-10-19/h6-12,15,22,28,35H,4-5,13-14,16-18H2,1-3H3,(H,30,36)(H,37,38). The third-order valence-corrected chi connectivity index (χ3v) is 7.87. The van der Waals surface area contributed by atoms with Gasteiger partial charge in [0.2, 0.25) is 7.37 Å². The minimum Gasteiger partial charge on any atom is -0.481 e. The predicted molar refractivity (Wildman–Crippen MR) is 155 cm³/mol. The number of hydrogen-bond acceptors (Lipinski definition) is 13. The number of aliphatic hydroxyl groups excluding tert-OH is 1. The molecule has 0 aromatic heterocycles. The van der Waals surface area contributed by atoms with Gasteiger partial charge in [0.25, 0.3) is 0 Å². The van der Waals surface area contributed by atoms with Gasteiger partial charge in [-0.2, -0.15) is 0 Å². The SMILES string of the molecule is CCOC(=O)COC(=O)c1cc(C(O)P(=O)(O)CCC(NC(=O)OCc2ccccc2)C(=O)OC)ccc1OCC(=O)OCC. The lowest BCUT2D eigenvalue weighted by Crippen LogP contribution is -2.42. The molecule has 2 aromatic carbocycles. The third-order valence-electron chi connectivity index (χ3n) is 5.91. The van der Waals surface area contributed by atoms with E-state index in [1.165, 1.54) is 6.07 Å². The largest absolute Gasteiger partial charge is 0.481 e. The Kier molecular flexibility index (Phi) is 15.0. The van der Waals surface area contributed by atoms with E-state index in [1.807, 2.05) is 0 Å². The van der Waals surface area contributed by atoms with Crippen molar-refractivity contribution in [2.45, 2.75) is 38.8 Å². The van der Waals surface area contributed by atoms with E-state index in [0.29, 0.717) is 5.56 Å². The molecule has 3 atom stereocenters. The molecule has 1 amide bonds. The Balaban J connectivity index is 2.18. The molecule has 0 saturated carbocycles. The molecule has 3 unspecified atom stereocenters. The van der Waals surface area contributed by atoms with Crippen LogP contribution in [0.5, 0.6) is 5.75 Å². The second-order valence-electron chi connectivity index (χ2n) is 9.15. The van der Waals surface area contributed by atoms with Gasteiger partial charge in [0.1, 0.15) is 24.0 Å². The lowest BCUT2D eigenvalue weighted by molar-refractivity contribution is -0.146. The summed E-state index contributed by atoms with van der Waals surface area (Å²) in [5.74, 6) is -5.90. The highest BCUT2D eigenvalue weighted by Crippen LogP contribution is 2.54. The molecular formula is C29H36NO14P. The smallest absolute Gasteiger partial charge is 0.408 e. The minimum absolute atomic E-state index is 0.0406. The van der Waals surface area contributed by atoms with E-state index < -0.39 is 75.0 Å². The summed E-state index contributed by atoms with van der Waals surface area (Å²) in [7, 11) is -3.48. The fourth-order valence-electron chi connectivity index (χ4n) is 3.71. The number of ether oxygens (including phenoxy) is 6. The van der Waals surface area contributed by atoms with E-state index in [2.05, 4.69) is 10.1 Å². The molecule has 0 fully saturated rings. The van der Waals surface area contributed by atoms with Crippen molar-refractivity contribution in [2.75, 3.05) is 39.7 Å². The van der Waals surface area contributed by atoms with Crippen molar-refractivity contribution in [2.24, 2.45) is 0 Å². The molecule has 0 radical (unpaired) electrons. The van der Waals surface area contributed by atoms with Crippen molar-refractivity contribution >= 4 is 37.3 Å². The Morgan fingerprint density at radius 1 is 0.889 bits per heavy atom. The summed E-state index contributed by atoms with van der Waals surface area (Å²) >= 11 is 0. The number of nitrogens with one attached hydrogen (secondary N) is 1. The Hall–Kier alpha value is -4.46. The number of rotatable bonds is 17. The number of esters is 4. The molecule has 16 heteroatoms. The van der Waals surface area contributed by atoms with Crippen molar-refractivity contribution < 1.29 is 67.0 Å². The molecule has 15 nitrogen and oxygen atoms in total. The van der Waals surface area contributed by atoms with E-state index in [-0.39, 0.29) is 36.7 Å². The number of carbonyl (C=O) groups excluding carboxylic acids is 5. The molecule has 2 rings (SSSR count). The van der Waals surface area contributed by atoms with Crippen LogP contribution in [0.25, 0.3) is 0 Å². The van der Waals surface area contributed by atoms with Gasteiger partial charge in [0, 0.05) is 6.16 Å². The number of aliphatic hydroxyl groups is 1. The first kappa shape index (κ1) is 36.7. The maximum absolute atomic E-state index is 13.2. The Labute approximate surface area is 259 Å². The Bertz CT molecular complexity index is 1370. The molecule has 0 spiro atoms. The normalized spacial score (nSPS) is 13.3. The zero-order chi connectivity index (χ0) is 33.4. The summed E-state index contributed by atoms with van der Waals surface area (Å²) < 4.78 is 42.8. The molecule has 0 aliphatic carbocycles. The molecule has 45 heavy (non-hydrogen) atoms. The van der Waals surface area contributed by atoms with E-state index in [9.17, 15) is 38.5 Å². The van der Waals surface area contributed by atoms with Crippen LogP contribution in [-0.4, -0.2) is 85.7 Å². The van der Waals surface area contributed by atoms with Crippen LogP contribution in [0.3, 0.4) is 0 Å². The van der Waals surface area contributed by atoms with Gasteiger partial charge in [-0.25, -0.2) is 24.0 Å². The maximum Gasteiger partial charge on any atom is 0.408 e. The Morgan fingerprint density at radius 2 is 1.53 bits per heavy atom. The monoisotopic (exact) mass is 653 g/mol. The average Bonchev–Trinajstić information content (AvgIpc) is 3.03. The van der Waals surface area contributed by atoms with Gasteiger partial charge in [0.15, 0.2) is 19.1 Å². The van der Waals surface area contributed by atoms with E-state index >= 15 is 0 Å². The van der Waals surface area contributed by atoms with Gasteiger partial charge in [-0.05, 0) is 43.5 Å². The molecular weight excluding hydrogens is 617 g/mol. The van der Waals surface area contributed by atoms with E-state index in [1.54, 1.807) is 44.2 Å². The van der Waals surface area contributed by atoms with Crippen LogP contribution in [0.15, 0.2) is 48.5 Å². The van der Waals surface area contributed by atoms with Crippen molar-refractivity contribution in [3.63, 3.8) is 0 Å². The summed E-state index contributed by atoms with van der Waals surface area (Å²) in [6.45, 7) is 1.81. The van der Waals surface area contributed by atoms with E-state index in [4.69, 9.17) is 23.7 Å². The number of alkyl carbamates (subject to hydrolysis) is 1. The van der Waals surface area contributed by atoms with E-state index in [0.717, 1.165) is 19.2 Å². The topological polar surface area (TPSA) is 210 Å². The molecule has 2 aromatic rings. The first-order valence-corrected chi connectivity index (χ1v) is 15.6. The van der Waals surface area contributed by atoms with Crippen LogP contribution in [0.1, 0.15) is 47.6 Å². The zero-order valence-corrected chi connectivity index (χ0v) is 25.9. The second-order valence-corrected chi connectivity index (χ2v) is 11.6. The zero-order valence-electron chi connectivity index (χ0n) is 25.0. The van der Waals surface area contributed by atoms with Gasteiger partial charge in [0.05, 0.1) is 20.3 Å². The highest BCUT2D eigenvalue weighted by molar-refractivity contribution is 7.58. The quantitative estimate of drug-likeness (QED) is 0.127. The van der Waals surface area contributed by atoms with Crippen LogP contribution >= 0.6 is 7.37 Å². The van der Waals surface area contributed by atoms with Crippen molar-refractivity contribution in [3.05, 3.63) is 65.2 Å². The number of amides is 1. The van der Waals surface area contributed by atoms with Crippen LogP contribution in [0.2, 0.25) is 0 Å². The first-order chi connectivity index (χ1) is 21.4. The maximum atomic E-state index is 13.2. The lowest BCUT2D eigenvalue weighted by atomic mass is 10.1. The number of hydrogen-bond donors (Lipinski definition) is 3. The lowest BCUT2D eigenvalue weighted by Gasteiger charge is -2.22. The number of benzene rings is 2. The molecule has 0 heterocycles. The van der Waals surface area contributed by atoms with Gasteiger partial charge in [-0.1, -0.05) is 36.4 Å². The molecule has 0 aliphatic heterocycles. The fraction of sp³-hybridized carbons (Fsp3) is 0.414. The molecule has 0 aliphatic rings. The summed E-state index contributed by atoms with van der Waals surface area (Å²) in [5, 5.41) is 13.1. The Morgan fingerprint density at radius 3 is 2.16 bits per heavy atom. The molecule has 0 saturated heterocycles. The summed E-state index contributed by atoms with van der Waals surface area (Å²) in [5.41, 5.74) is 0.0827. The third kappa shape index (κ3) is 12.2. The van der Waals surface area contributed by atoms with Crippen LogP contribution in [0.4, 0.5) is 4.79 Å². The predicted octanol–water partition coefficient (Wildman–Crippen LogP) is 2.47. The van der Waals surface area contributed by atoms with Crippen molar-refractivity contribution in [1.82, 2.24) is 5.32 Å². The van der Waals surface area contributed by atoms with Gasteiger partial charge in [-0.15, -0.1) is 0 Å². The van der Waals surface area contributed by atoms with Gasteiger partial charge < -0.3 is 43.7 Å². The van der Waals surface area contributed by atoms with Crippen molar-refractivity contribution in [1.29, 1.82) is 0 Å². The molecule has 246 valence electrons. The highest BCUT2D eigenvalue weighted by atomic mass is 31.2. The number of methoxy groups -OCH3 is 1. The van der Waals surface area contributed by atoms with Crippen molar-refractivity contribution in [3.8, 4) is 5.75 Å². The average molecular weight is 654 g/mol. The van der Waals surface area contributed by atoms with Gasteiger partial charge >= 0.3 is 30.0 Å². The summed E-state index contributed by atoms with van der Waals surface area (Å²) in [6.07, 6.45) is -2.07.